The lowest BCUT2D eigenvalue weighted by molar-refractivity contribution is -0.122. The van der Waals surface area contributed by atoms with Gasteiger partial charge in [0.2, 0.25) is 5.91 Å². The maximum atomic E-state index is 11.6. The van der Waals surface area contributed by atoms with Crippen LogP contribution in [-0.2, 0) is 11.3 Å². The summed E-state index contributed by atoms with van der Waals surface area (Å²) >= 11 is 0. The van der Waals surface area contributed by atoms with E-state index in [4.69, 9.17) is 5.73 Å². The number of nitrogens with two attached hydrogens (primary N) is 1. The predicted octanol–water partition coefficient (Wildman–Crippen LogP) is -0.232. The molecule has 1 unspecified atom stereocenters. The van der Waals surface area contributed by atoms with Crippen molar-refractivity contribution in [2.45, 2.75) is 32.9 Å². The highest BCUT2D eigenvalue weighted by Crippen LogP contribution is 2.03. The molecule has 6 heteroatoms. The molecule has 16 heavy (non-hydrogen) atoms. The van der Waals surface area contributed by atoms with E-state index in [0.717, 1.165) is 6.42 Å². The van der Waals surface area contributed by atoms with Crippen LogP contribution in [-0.4, -0.2) is 33.5 Å². The summed E-state index contributed by atoms with van der Waals surface area (Å²) < 4.78 is 1.48. The predicted molar refractivity (Wildman–Crippen MR) is 60.5 cm³/mol. The van der Waals surface area contributed by atoms with Gasteiger partial charge in [0.05, 0.1) is 6.20 Å². The van der Waals surface area contributed by atoms with E-state index in [0.29, 0.717) is 12.5 Å². The molecule has 1 rings (SSSR count). The average Bonchev–Trinajstić information content (AvgIpc) is 2.68. The van der Waals surface area contributed by atoms with Crippen molar-refractivity contribution in [3.05, 3.63) is 12.4 Å². The van der Waals surface area contributed by atoms with Gasteiger partial charge in [-0.3, -0.25) is 4.79 Å². The van der Waals surface area contributed by atoms with Crippen molar-refractivity contribution < 1.29 is 4.79 Å². The minimum Gasteiger partial charge on any atom is -0.350 e. The number of nitrogens with zero attached hydrogens (tertiary/aromatic N) is 3. The zero-order chi connectivity index (χ0) is 12.0. The van der Waals surface area contributed by atoms with Gasteiger partial charge in [0.1, 0.15) is 6.54 Å². The number of rotatable bonds is 6. The van der Waals surface area contributed by atoms with Crippen LogP contribution < -0.4 is 11.1 Å². The highest BCUT2D eigenvalue weighted by molar-refractivity contribution is 5.75. The number of hydrogen-bond acceptors (Lipinski definition) is 4. The van der Waals surface area contributed by atoms with Crippen molar-refractivity contribution in [2.24, 2.45) is 11.7 Å². The molecule has 0 bridgehead atoms. The van der Waals surface area contributed by atoms with Crippen LogP contribution in [0.5, 0.6) is 0 Å². The Morgan fingerprint density at radius 2 is 2.31 bits per heavy atom. The molecule has 1 atom stereocenters. The molecule has 0 spiro atoms. The molecule has 0 radical (unpaired) electrons. The van der Waals surface area contributed by atoms with Crippen molar-refractivity contribution in [1.82, 2.24) is 20.3 Å². The van der Waals surface area contributed by atoms with E-state index in [9.17, 15) is 4.79 Å². The van der Waals surface area contributed by atoms with Crippen LogP contribution >= 0.6 is 0 Å². The van der Waals surface area contributed by atoms with Gasteiger partial charge in [0, 0.05) is 18.8 Å². The third-order valence-corrected chi connectivity index (χ3v) is 2.18. The largest absolute Gasteiger partial charge is 0.350 e. The van der Waals surface area contributed by atoms with E-state index in [-0.39, 0.29) is 18.5 Å². The molecule has 0 aliphatic carbocycles. The molecule has 0 aliphatic heterocycles. The van der Waals surface area contributed by atoms with Gasteiger partial charge in [-0.2, -0.15) is 0 Å². The van der Waals surface area contributed by atoms with Gasteiger partial charge in [-0.1, -0.05) is 19.1 Å². The van der Waals surface area contributed by atoms with Gasteiger partial charge in [-0.15, -0.1) is 5.10 Å². The topological polar surface area (TPSA) is 85.8 Å². The highest BCUT2D eigenvalue weighted by atomic mass is 16.2. The summed E-state index contributed by atoms with van der Waals surface area (Å²) in [5, 5.41) is 10.2. The third kappa shape index (κ3) is 4.39. The molecule has 0 saturated carbocycles. The Kier molecular flexibility index (Phi) is 4.91. The Bertz CT molecular complexity index is 309. The number of aromatic nitrogens is 3. The normalized spacial score (nSPS) is 12.8. The number of carbonyl (C=O) groups is 1. The zero-order valence-electron chi connectivity index (χ0n) is 9.76. The Morgan fingerprint density at radius 1 is 1.56 bits per heavy atom. The standard InChI is InChI=1S/C10H19N5O/c1-8(2)5-9(6-11)13-10(16)7-15-4-3-12-14-15/h3-4,8-9H,5-7,11H2,1-2H3,(H,13,16). The van der Waals surface area contributed by atoms with Crippen LogP contribution in [0.3, 0.4) is 0 Å². The van der Waals surface area contributed by atoms with Crippen LogP contribution in [0.4, 0.5) is 0 Å². The highest BCUT2D eigenvalue weighted by Gasteiger charge is 2.12. The SMILES string of the molecule is CC(C)CC(CN)NC(=O)Cn1ccnn1. The number of hydrogen-bond donors (Lipinski definition) is 2. The van der Waals surface area contributed by atoms with Crippen LogP contribution in [0.1, 0.15) is 20.3 Å². The van der Waals surface area contributed by atoms with Crippen molar-refractivity contribution >= 4 is 5.91 Å². The number of nitrogens with one attached hydrogen (secondary N) is 1. The second-order valence-electron chi connectivity index (χ2n) is 4.23. The molecule has 0 aromatic carbocycles. The van der Waals surface area contributed by atoms with E-state index in [1.54, 1.807) is 12.4 Å². The molecule has 0 aliphatic rings. The van der Waals surface area contributed by atoms with Gasteiger partial charge < -0.3 is 11.1 Å². The van der Waals surface area contributed by atoms with Gasteiger partial charge >= 0.3 is 0 Å². The van der Waals surface area contributed by atoms with Crippen LogP contribution in [0, 0.1) is 5.92 Å². The summed E-state index contributed by atoms with van der Waals surface area (Å²) in [6.07, 6.45) is 4.08. The molecule has 1 aromatic heterocycles. The molecule has 1 aromatic rings. The molecular weight excluding hydrogens is 206 g/mol. The van der Waals surface area contributed by atoms with Gasteiger partial charge in [-0.05, 0) is 12.3 Å². The molecule has 1 amide bonds. The first-order valence-corrected chi connectivity index (χ1v) is 5.45. The van der Waals surface area contributed by atoms with Gasteiger partial charge in [0.25, 0.3) is 0 Å². The molecule has 0 fully saturated rings. The van der Waals surface area contributed by atoms with E-state index in [1.807, 2.05) is 0 Å². The average molecular weight is 225 g/mol. The lowest BCUT2D eigenvalue weighted by atomic mass is 10.0. The first-order valence-electron chi connectivity index (χ1n) is 5.45. The fourth-order valence-electron chi connectivity index (χ4n) is 1.52. The van der Waals surface area contributed by atoms with Gasteiger partial charge in [-0.25, -0.2) is 4.68 Å². The Labute approximate surface area is 95.2 Å². The quantitative estimate of drug-likeness (QED) is 0.700. The lowest BCUT2D eigenvalue weighted by Crippen LogP contribution is -2.42. The van der Waals surface area contributed by atoms with Crippen LogP contribution in [0.25, 0.3) is 0 Å². The monoisotopic (exact) mass is 225 g/mol. The Morgan fingerprint density at radius 3 is 2.81 bits per heavy atom. The summed E-state index contributed by atoms with van der Waals surface area (Å²) in [5.74, 6) is 0.432. The minimum atomic E-state index is -0.0819. The summed E-state index contributed by atoms with van der Waals surface area (Å²) in [7, 11) is 0. The summed E-state index contributed by atoms with van der Waals surface area (Å²) in [6, 6.07) is 0.0380. The van der Waals surface area contributed by atoms with Crippen molar-refractivity contribution in [2.75, 3.05) is 6.54 Å². The van der Waals surface area contributed by atoms with Gasteiger partial charge in [0.15, 0.2) is 0 Å². The zero-order valence-corrected chi connectivity index (χ0v) is 9.76. The smallest absolute Gasteiger partial charge is 0.242 e. The van der Waals surface area contributed by atoms with Crippen molar-refractivity contribution in [3.63, 3.8) is 0 Å². The maximum Gasteiger partial charge on any atom is 0.242 e. The second kappa shape index (κ2) is 6.22. The molecule has 1 heterocycles. The third-order valence-electron chi connectivity index (χ3n) is 2.18. The van der Waals surface area contributed by atoms with Crippen LogP contribution in [0.15, 0.2) is 12.4 Å². The van der Waals surface area contributed by atoms with E-state index in [1.165, 1.54) is 4.68 Å². The summed E-state index contributed by atoms with van der Waals surface area (Å²) in [4.78, 5) is 11.6. The van der Waals surface area contributed by atoms with E-state index < -0.39 is 0 Å². The molecule has 6 nitrogen and oxygen atoms in total. The van der Waals surface area contributed by atoms with Crippen molar-refractivity contribution in [1.29, 1.82) is 0 Å². The first kappa shape index (κ1) is 12.6. The molecular formula is C10H19N5O. The summed E-state index contributed by atoms with van der Waals surface area (Å²) in [5.41, 5.74) is 5.59. The second-order valence-corrected chi connectivity index (χ2v) is 4.23. The first-order chi connectivity index (χ1) is 7.61. The van der Waals surface area contributed by atoms with Crippen LogP contribution in [0.2, 0.25) is 0 Å². The maximum absolute atomic E-state index is 11.6. The Balaban J connectivity index is 2.37. The fourth-order valence-corrected chi connectivity index (χ4v) is 1.52. The molecule has 90 valence electrons. The minimum absolute atomic E-state index is 0.0380. The number of carbonyl (C=O) groups excluding carboxylic acids is 1. The van der Waals surface area contributed by atoms with Crippen molar-refractivity contribution in [3.8, 4) is 0 Å². The fraction of sp³-hybridized carbons (Fsp3) is 0.700. The van der Waals surface area contributed by atoms with E-state index >= 15 is 0 Å². The van der Waals surface area contributed by atoms with E-state index in [2.05, 4.69) is 29.5 Å². The number of amides is 1. The summed E-state index contributed by atoms with van der Waals surface area (Å²) in [6.45, 7) is 4.86. The molecule has 0 saturated heterocycles. The Hall–Kier alpha value is -1.43. The molecule has 3 N–H and O–H groups in total. The lowest BCUT2D eigenvalue weighted by Gasteiger charge is -2.18.